The second-order valence-electron chi connectivity index (χ2n) is 23.3. The Balaban J connectivity index is 1.66. The molecule has 2 fully saturated rings. The maximum Gasteiger partial charge on any atom is 0.306 e. The van der Waals surface area contributed by atoms with Crippen LogP contribution >= 0.6 is 0 Å². The highest BCUT2D eigenvalue weighted by molar-refractivity contribution is 5.69. The van der Waals surface area contributed by atoms with E-state index in [1.807, 2.05) is 0 Å². The summed E-state index contributed by atoms with van der Waals surface area (Å²) in [7, 11) is 0. The van der Waals surface area contributed by atoms with Crippen LogP contribution in [-0.2, 0) is 33.2 Å². The molecule has 0 spiro atoms. The summed E-state index contributed by atoms with van der Waals surface area (Å²) in [5.41, 5.74) is 0. The lowest BCUT2D eigenvalue weighted by atomic mass is 9.98. The number of carbonyl (C=O) groups excluding carboxylic acids is 1. The largest absolute Gasteiger partial charge is 0.457 e. The molecule has 0 aromatic rings. The summed E-state index contributed by atoms with van der Waals surface area (Å²) in [6, 6.07) is 0. The standard InChI is InChI=1S/C68H122O14/c1-3-5-7-9-11-13-15-17-19-21-23-25-27-28-29-30-32-34-36-38-40-42-44-46-48-50-52-77-54-57(55-78-67-66(76)64(74)62(72)59(82-67)56-79-68-65(75)63(73)61(71)58(53-69)81-68)80-60(70)51-49-47-45-43-41-39-37-35-33-31-26-24-22-20-18-16-14-12-10-8-6-4-2/h5,7,11,13,17,19,23,25,28-29,57-59,61-69,71-76H,3-4,6,8-10,12,14-16,18,20-22,24,26-27,30-56H2,1-2H3/b7-5-,13-11-,19-17-,25-23-,29-28-. The van der Waals surface area contributed by atoms with Crippen molar-refractivity contribution in [1.82, 2.24) is 0 Å². The minimum absolute atomic E-state index is 0.0593. The third-order valence-corrected chi connectivity index (χ3v) is 15.8. The Labute approximate surface area is 498 Å². The predicted molar refractivity (Wildman–Crippen MR) is 330 cm³/mol. The molecule has 0 aromatic heterocycles. The van der Waals surface area contributed by atoms with Gasteiger partial charge in [0.05, 0.1) is 26.4 Å². The number of ether oxygens (including phenoxy) is 6. The van der Waals surface area contributed by atoms with Crippen molar-refractivity contribution < 1.29 is 69.0 Å². The number of carbonyl (C=O) groups is 1. The monoisotopic (exact) mass is 1160 g/mol. The van der Waals surface area contributed by atoms with Crippen molar-refractivity contribution >= 4 is 5.97 Å². The average Bonchev–Trinajstić information content (AvgIpc) is 3.52. The second-order valence-corrected chi connectivity index (χ2v) is 23.3. The van der Waals surface area contributed by atoms with Gasteiger partial charge in [-0.15, -0.1) is 0 Å². The summed E-state index contributed by atoms with van der Waals surface area (Å²) < 4.78 is 34.5. The molecule has 0 saturated carbocycles. The summed E-state index contributed by atoms with van der Waals surface area (Å²) in [5.74, 6) is -0.373. The van der Waals surface area contributed by atoms with Crippen LogP contribution in [0.15, 0.2) is 60.8 Å². The molecule has 478 valence electrons. The molecule has 2 heterocycles. The summed E-state index contributed by atoms with van der Waals surface area (Å²) >= 11 is 0. The lowest BCUT2D eigenvalue weighted by Crippen LogP contribution is -2.61. The fraction of sp³-hybridized carbons (Fsp3) is 0.838. The molecule has 0 radical (unpaired) electrons. The van der Waals surface area contributed by atoms with Gasteiger partial charge in [0.2, 0.25) is 0 Å². The third kappa shape index (κ3) is 39.4. The molecule has 14 nitrogen and oxygen atoms in total. The van der Waals surface area contributed by atoms with E-state index in [0.717, 1.165) is 77.0 Å². The molecule has 2 rings (SSSR count). The van der Waals surface area contributed by atoms with Crippen molar-refractivity contribution in [3.63, 3.8) is 0 Å². The van der Waals surface area contributed by atoms with Crippen molar-refractivity contribution in [2.75, 3.05) is 33.0 Å². The minimum Gasteiger partial charge on any atom is -0.457 e. The summed E-state index contributed by atoms with van der Waals surface area (Å²) in [5, 5.41) is 72.6. The molecule has 2 aliphatic heterocycles. The van der Waals surface area contributed by atoms with Gasteiger partial charge in [-0.3, -0.25) is 4.79 Å². The molecule has 82 heavy (non-hydrogen) atoms. The lowest BCUT2D eigenvalue weighted by molar-refractivity contribution is -0.332. The van der Waals surface area contributed by atoms with Gasteiger partial charge in [-0.25, -0.2) is 0 Å². The molecule has 11 atom stereocenters. The van der Waals surface area contributed by atoms with Gasteiger partial charge in [-0.05, 0) is 57.8 Å². The second kappa shape index (κ2) is 54.1. The van der Waals surface area contributed by atoms with Crippen LogP contribution in [0.25, 0.3) is 0 Å². The van der Waals surface area contributed by atoms with Gasteiger partial charge < -0.3 is 64.2 Å². The Morgan fingerprint density at radius 2 is 0.793 bits per heavy atom. The van der Waals surface area contributed by atoms with E-state index >= 15 is 0 Å². The van der Waals surface area contributed by atoms with E-state index < -0.39 is 80.7 Å². The maximum atomic E-state index is 13.1. The van der Waals surface area contributed by atoms with Crippen LogP contribution in [0.5, 0.6) is 0 Å². The predicted octanol–water partition coefficient (Wildman–Crippen LogP) is 13.6. The quantitative estimate of drug-likeness (QED) is 0.0171. The van der Waals surface area contributed by atoms with Gasteiger partial charge in [0.25, 0.3) is 0 Å². The van der Waals surface area contributed by atoms with Crippen LogP contribution in [-0.4, -0.2) is 142 Å². The third-order valence-electron chi connectivity index (χ3n) is 15.8. The fourth-order valence-electron chi connectivity index (χ4n) is 10.5. The van der Waals surface area contributed by atoms with E-state index in [4.69, 9.17) is 28.4 Å². The first kappa shape index (κ1) is 75.8. The molecular weight excluding hydrogens is 1040 g/mol. The SMILES string of the molecule is CC/C=C\C/C=C\C/C=C\C/C=C\C/C=C\CCCCCCCCCCCCOCC(COC1OC(COC2OC(CO)C(O)C(O)C2O)C(O)C(O)C1O)OC(=O)CCCCCCCCCCCCCCCCCCCCCCCC. The summed E-state index contributed by atoms with van der Waals surface area (Å²) in [4.78, 5) is 13.1. The van der Waals surface area contributed by atoms with Crippen molar-refractivity contribution in [3.8, 4) is 0 Å². The maximum absolute atomic E-state index is 13.1. The Morgan fingerprint density at radius 3 is 1.24 bits per heavy atom. The Morgan fingerprint density at radius 1 is 0.415 bits per heavy atom. The lowest BCUT2D eigenvalue weighted by Gasteiger charge is -2.42. The average molecular weight is 1160 g/mol. The number of aliphatic hydroxyl groups is 7. The summed E-state index contributed by atoms with van der Waals surface area (Å²) in [6.45, 7) is 3.61. The number of aliphatic hydroxyl groups excluding tert-OH is 7. The highest BCUT2D eigenvalue weighted by Gasteiger charge is 2.47. The van der Waals surface area contributed by atoms with Crippen LogP contribution in [0.4, 0.5) is 0 Å². The van der Waals surface area contributed by atoms with Gasteiger partial charge >= 0.3 is 5.97 Å². The number of hydrogen-bond donors (Lipinski definition) is 7. The molecule has 2 saturated heterocycles. The zero-order chi connectivity index (χ0) is 59.4. The first-order valence-electron chi connectivity index (χ1n) is 33.4. The highest BCUT2D eigenvalue weighted by atomic mass is 16.7. The zero-order valence-electron chi connectivity index (χ0n) is 51.7. The van der Waals surface area contributed by atoms with E-state index in [-0.39, 0.29) is 25.6 Å². The van der Waals surface area contributed by atoms with Gasteiger partial charge in [0, 0.05) is 13.0 Å². The van der Waals surface area contributed by atoms with Crippen molar-refractivity contribution in [2.24, 2.45) is 0 Å². The number of hydrogen-bond acceptors (Lipinski definition) is 14. The van der Waals surface area contributed by atoms with Crippen molar-refractivity contribution in [1.29, 1.82) is 0 Å². The molecular formula is C68H122O14. The molecule has 0 bridgehead atoms. The van der Waals surface area contributed by atoms with E-state index in [0.29, 0.717) is 13.0 Å². The molecule has 14 heteroatoms. The molecule has 0 aliphatic carbocycles. The molecule has 7 N–H and O–H groups in total. The highest BCUT2D eigenvalue weighted by Crippen LogP contribution is 2.27. The van der Waals surface area contributed by atoms with E-state index in [1.165, 1.54) is 161 Å². The van der Waals surface area contributed by atoms with E-state index in [2.05, 4.69) is 74.6 Å². The zero-order valence-corrected chi connectivity index (χ0v) is 51.7. The number of unbranched alkanes of at least 4 members (excludes halogenated alkanes) is 31. The topological polar surface area (TPSA) is 214 Å². The summed E-state index contributed by atoms with van der Waals surface area (Å²) in [6.07, 6.45) is 52.9. The number of rotatable bonds is 55. The van der Waals surface area contributed by atoms with Crippen LogP contribution < -0.4 is 0 Å². The van der Waals surface area contributed by atoms with Gasteiger partial charge in [0.15, 0.2) is 12.6 Å². The van der Waals surface area contributed by atoms with Crippen LogP contribution in [0.3, 0.4) is 0 Å². The Bertz CT molecular complexity index is 1590. The normalized spacial score (nSPS) is 23.9. The van der Waals surface area contributed by atoms with E-state index in [9.17, 15) is 40.5 Å². The number of esters is 1. The number of allylic oxidation sites excluding steroid dienone is 10. The van der Waals surface area contributed by atoms with Gasteiger partial charge in [-0.2, -0.15) is 0 Å². The molecule has 11 unspecified atom stereocenters. The first-order valence-corrected chi connectivity index (χ1v) is 33.4. The van der Waals surface area contributed by atoms with Crippen molar-refractivity contribution in [3.05, 3.63) is 60.8 Å². The van der Waals surface area contributed by atoms with Gasteiger partial charge in [0.1, 0.15) is 54.9 Å². The smallest absolute Gasteiger partial charge is 0.306 e. The van der Waals surface area contributed by atoms with Crippen LogP contribution in [0.2, 0.25) is 0 Å². The Kier molecular flexibility index (Phi) is 50.0. The minimum atomic E-state index is -1.71. The first-order chi connectivity index (χ1) is 40.1. The fourth-order valence-corrected chi connectivity index (χ4v) is 10.5. The molecule has 2 aliphatic rings. The molecule has 0 aromatic carbocycles. The van der Waals surface area contributed by atoms with Crippen molar-refractivity contribution in [2.45, 2.75) is 332 Å². The van der Waals surface area contributed by atoms with E-state index in [1.54, 1.807) is 0 Å². The van der Waals surface area contributed by atoms with Crippen LogP contribution in [0.1, 0.15) is 264 Å². The Hall–Kier alpha value is -2.31. The van der Waals surface area contributed by atoms with Gasteiger partial charge in [-0.1, -0.05) is 261 Å². The molecule has 0 amide bonds. The van der Waals surface area contributed by atoms with Crippen LogP contribution in [0, 0.1) is 0 Å².